The van der Waals surface area contributed by atoms with Crippen LogP contribution in [0.2, 0.25) is 0 Å². The molecule has 5 rings (SSSR count). The molecule has 7 heteroatoms. The number of ether oxygens (including phenoxy) is 2. The standard InChI is InChI=1S/C24H35N5O2/c1-25-24-26-20-13-22(31-10-4-7-29-14-17-11-18(17)15-29)21(30-3)12-19(20)23(27-24)16-5-8-28(2)9-6-16/h12-13,16-18H,4-11,14-15H2,1-3H3,(H,25,26,27). The van der Waals surface area contributed by atoms with Crippen LogP contribution in [-0.4, -0.2) is 80.3 Å². The zero-order valence-electron chi connectivity index (χ0n) is 19.1. The van der Waals surface area contributed by atoms with Crippen LogP contribution >= 0.6 is 0 Å². The highest BCUT2D eigenvalue weighted by Crippen LogP contribution is 2.44. The Morgan fingerprint density at radius 3 is 2.58 bits per heavy atom. The number of hydrogen-bond donors (Lipinski definition) is 1. The lowest BCUT2D eigenvalue weighted by Crippen LogP contribution is -2.29. The first-order chi connectivity index (χ1) is 15.1. The Labute approximate surface area is 185 Å². The maximum Gasteiger partial charge on any atom is 0.223 e. The number of rotatable bonds is 8. The van der Waals surface area contributed by atoms with Gasteiger partial charge in [0, 0.05) is 44.1 Å². The van der Waals surface area contributed by atoms with E-state index in [1.807, 2.05) is 13.1 Å². The topological polar surface area (TPSA) is 62.8 Å². The summed E-state index contributed by atoms with van der Waals surface area (Å²) < 4.78 is 11.9. The number of nitrogens with one attached hydrogen (secondary N) is 1. The molecule has 2 aromatic rings. The van der Waals surface area contributed by atoms with Gasteiger partial charge in [0.15, 0.2) is 11.5 Å². The van der Waals surface area contributed by atoms with Gasteiger partial charge >= 0.3 is 0 Å². The maximum atomic E-state index is 6.17. The van der Waals surface area contributed by atoms with Gasteiger partial charge in [0.05, 0.1) is 24.9 Å². The molecule has 2 aliphatic heterocycles. The van der Waals surface area contributed by atoms with E-state index in [-0.39, 0.29) is 0 Å². The zero-order valence-corrected chi connectivity index (χ0v) is 19.1. The third-order valence-corrected chi connectivity index (χ3v) is 7.27. The number of nitrogens with zero attached hydrogens (tertiary/aromatic N) is 4. The molecule has 0 radical (unpaired) electrons. The third-order valence-electron chi connectivity index (χ3n) is 7.27. The van der Waals surface area contributed by atoms with E-state index in [0.29, 0.717) is 18.5 Å². The van der Waals surface area contributed by atoms with E-state index >= 15 is 0 Å². The van der Waals surface area contributed by atoms with Gasteiger partial charge in [-0.1, -0.05) is 0 Å². The molecule has 3 aliphatic rings. The van der Waals surface area contributed by atoms with Gasteiger partial charge in [-0.05, 0) is 63.7 Å². The van der Waals surface area contributed by atoms with E-state index in [0.717, 1.165) is 78.8 Å². The van der Waals surface area contributed by atoms with Crippen LogP contribution in [0.15, 0.2) is 12.1 Å². The van der Waals surface area contributed by atoms with Gasteiger partial charge < -0.3 is 24.6 Å². The summed E-state index contributed by atoms with van der Waals surface area (Å²) in [6, 6.07) is 4.10. The van der Waals surface area contributed by atoms with Gasteiger partial charge in [0.1, 0.15) is 0 Å². The van der Waals surface area contributed by atoms with Crippen molar-refractivity contribution < 1.29 is 9.47 Å². The van der Waals surface area contributed by atoms with Crippen LogP contribution in [0, 0.1) is 11.8 Å². The molecule has 0 bridgehead atoms. The first-order valence-corrected chi connectivity index (χ1v) is 11.8. The van der Waals surface area contributed by atoms with Crippen molar-refractivity contribution in [2.45, 2.75) is 31.6 Å². The van der Waals surface area contributed by atoms with E-state index < -0.39 is 0 Å². The zero-order chi connectivity index (χ0) is 21.4. The van der Waals surface area contributed by atoms with Gasteiger partial charge in [-0.2, -0.15) is 0 Å². The number of aromatic nitrogens is 2. The molecule has 1 N–H and O–H groups in total. The highest BCUT2D eigenvalue weighted by atomic mass is 16.5. The van der Waals surface area contributed by atoms with Crippen molar-refractivity contribution in [2.75, 3.05) is 65.9 Å². The van der Waals surface area contributed by atoms with Gasteiger partial charge in [0.25, 0.3) is 0 Å². The van der Waals surface area contributed by atoms with E-state index in [1.54, 1.807) is 7.11 Å². The lowest BCUT2D eigenvalue weighted by atomic mass is 9.91. The molecule has 2 unspecified atom stereocenters. The van der Waals surface area contributed by atoms with Crippen LogP contribution in [-0.2, 0) is 0 Å². The van der Waals surface area contributed by atoms with Crippen LogP contribution in [0.5, 0.6) is 11.5 Å². The second-order valence-corrected chi connectivity index (χ2v) is 9.50. The van der Waals surface area contributed by atoms with Gasteiger partial charge in [-0.3, -0.25) is 0 Å². The van der Waals surface area contributed by atoms with Crippen LogP contribution in [0.25, 0.3) is 10.9 Å². The first-order valence-electron chi connectivity index (χ1n) is 11.8. The van der Waals surface area contributed by atoms with Crippen LogP contribution in [0.1, 0.15) is 37.3 Å². The molecule has 2 atom stereocenters. The molecule has 1 aliphatic carbocycles. The van der Waals surface area contributed by atoms with E-state index in [1.165, 1.54) is 19.5 Å². The summed E-state index contributed by atoms with van der Waals surface area (Å²) in [4.78, 5) is 14.6. The van der Waals surface area contributed by atoms with Crippen LogP contribution in [0.4, 0.5) is 5.95 Å². The summed E-state index contributed by atoms with van der Waals surface area (Å²) in [6.45, 7) is 6.58. The van der Waals surface area contributed by atoms with E-state index in [4.69, 9.17) is 19.4 Å². The maximum absolute atomic E-state index is 6.17. The Balaban J connectivity index is 1.33. The molecule has 1 saturated carbocycles. The van der Waals surface area contributed by atoms with Crippen LogP contribution < -0.4 is 14.8 Å². The molecule has 31 heavy (non-hydrogen) atoms. The lowest BCUT2D eigenvalue weighted by Gasteiger charge is -2.29. The van der Waals surface area contributed by atoms with Crippen molar-refractivity contribution in [2.24, 2.45) is 11.8 Å². The average molecular weight is 426 g/mol. The molecular formula is C24H35N5O2. The fourth-order valence-electron chi connectivity index (χ4n) is 5.29. The molecule has 2 saturated heterocycles. The molecule has 0 amide bonds. The number of likely N-dealkylation sites (tertiary alicyclic amines) is 2. The Bertz CT molecular complexity index is 918. The number of benzene rings is 1. The normalized spacial score (nSPS) is 24.4. The van der Waals surface area contributed by atoms with E-state index in [2.05, 4.69) is 28.2 Å². The summed E-state index contributed by atoms with van der Waals surface area (Å²) in [5, 5.41) is 4.21. The van der Waals surface area contributed by atoms with Crippen molar-refractivity contribution in [1.82, 2.24) is 19.8 Å². The van der Waals surface area contributed by atoms with Gasteiger partial charge in [-0.25, -0.2) is 9.97 Å². The largest absolute Gasteiger partial charge is 0.493 e. The van der Waals surface area contributed by atoms with Gasteiger partial charge in [0.2, 0.25) is 5.95 Å². The third kappa shape index (κ3) is 4.44. The Morgan fingerprint density at radius 2 is 1.87 bits per heavy atom. The summed E-state index contributed by atoms with van der Waals surface area (Å²) in [5.41, 5.74) is 2.05. The SMILES string of the molecule is CNc1nc(C2CCN(C)CC2)c2cc(OC)c(OCCCN3CC4CC4C3)cc2n1. The number of fused-ring (bicyclic) bond motifs is 2. The summed E-state index contributed by atoms with van der Waals surface area (Å²) in [5.74, 6) is 4.63. The number of piperidine rings is 2. The molecule has 1 aromatic carbocycles. The minimum atomic E-state index is 0.442. The van der Waals surface area contributed by atoms with E-state index in [9.17, 15) is 0 Å². The lowest BCUT2D eigenvalue weighted by molar-refractivity contribution is 0.243. The smallest absolute Gasteiger partial charge is 0.223 e. The number of hydrogen-bond acceptors (Lipinski definition) is 7. The summed E-state index contributed by atoms with van der Waals surface area (Å²) in [6.07, 6.45) is 4.72. The van der Waals surface area contributed by atoms with Crippen molar-refractivity contribution in [1.29, 1.82) is 0 Å². The predicted molar refractivity (Wildman–Crippen MR) is 123 cm³/mol. The van der Waals surface area contributed by atoms with Crippen molar-refractivity contribution in [3.05, 3.63) is 17.8 Å². The quantitative estimate of drug-likeness (QED) is 0.652. The van der Waals surface area contributed by atoms with Crippen LogP contribution in [0.3, 0.4) is 0 Å². The molecule has 3 fully saturated rings. The average Bonchev–Trinajstić information content (AvgIpc) is 3.41. The Hall–Kier alpha value is -2.12. The first kappa shape index (κ1) is 20.8. The minimum Gasteiger partial charge on any atom is -0.493 e. The summed E-state index contributed by atoms with van der Waals surface area (Å²) in [7, 11) is 5.78. The Kier molecular flexibility index (Phi) is 5.89. The highest BCUT2D eigenvalue weighted by Gasteiger charge is 2.44. The molecule has 3 heterocycles. The predicted octanol–water partition coefficient (Wildman–Crippen LogP) is 3.21. The highest BCUT2D eigenvalue weighted by molar-refractivity contribution is 5.86. The van der Waals surface area contributed by atoms with Crippen molar-refractivity contribution in [3.63, 3.8) is 0 Å². The van der Waals surface area contributed by atoms with Crippen molar-refractivity contribution >= 4 is 16.9 Å². The molecule has 0 spiro atoms. The fourth-order valence-corrected chi connectivity index (χ4v) is 5.29. The van der Waals surface area contributed by atoms with Crippen molar-refractivity contribution in [3.8, 4) is 11.5 Å². The second-order valence-electron chi connectivity index (χ2n) is 9.50. The monoisotopic (exact) mass is 425 g/mol. The second kappa shape index (κ2) is 8.79. The Morgan fingerprint density at radius 1 is 1.10 bits per heavy atom. The number of methoxy groups -OCH3 is 1. The summed E-state index contributed by atoms with van der Waals surface area (Å²) >= 11 is 0. The fraction of sp³-hybridized carbons (Fsp3) is 0.667. The minimum absolute atomic E-state index is 0.442. The van der Waals surface area contributed by atoms with Gasteiger partial charge in [-0.15, -0.1) is 0 Å². The molecule has 168 valence electrons. The molecule has 7 nitrogen and oxygen atoms in total. The number of anilines is 1. The molecule has 1 aromatic heterocycles. The molecular weight excluding hydrogens is 390 g/mol.